The van der Waals surface area contributed by atoms with Gasteiger partial charge in [-0.1, -0.05) is 48.9 Å². The Morgan fingerprint density at radius 3 is 2.43 bits per heavy atom. The van der Waals surface area contributed by atoms with E-state index in [9.17, 15) is 4.79 Å². The van der Waals surface area contributed by atoms with E-state index in [1.807, 2.05) is 43.7 Å². The fourth-order valence-corrected chi connectivity index (χ4v) is 7.29. The Morgan fingerprint density at radius 2 is 1.75 bits per heavy atom. The van der Waals surface area contributed by atoms with Gasteiger partial charge >= 0.3 is 0 Å². The van der Waals surface area contributed by atoms with Crippen LogP contribution in [-0.2, 0) is 17.9 Å². The molecule has 7 nitrogen and oxygen atoms in total. The summed E-state index contributed by atoms with van der Waals surface area (Å²) in [6.45, 7) is 19.4. The Labute approximate surface area is 271 Å². The summed E-state index contributed by atoms with van der Waals surface area (Å²) in [5, 5.41) is 10.4. The molecule has 10 heteroatoms. The van der Waals surface area contributed by atoms with Crippen molar-refractivity contribution >= 4 is 48.1 Å². The molecular formula is C34H44Cl2N4O3Si. The van der Waals surface area contributed by atoms with Crippen molar-refractivity contribution in [1.29, 1.82) is 0 Å². The Bertz CT molecular complexity index is 1700. The van der Waals surface area contributed by atoms with E-state index in [0.717, 1.165) is 80.0 Å². The normalized spacial score (nSPS) is 15.1. The topological polar surface area (TPSA) is 70.3 Å². The number of carbonyl (C=O) groups excluding carboxylic acids is 1. The molecule has 0 radical (unpaired) electrons. The maximum absolute atomic E-state index is 13.4. The quantitative estimate of drug-likeness (QED) is 0.130. The van der Waals surface area contributed by atoms with E-state index in [2.05, 4.69) is 49.4 Å². The van der Waals surface area contributed by atoms with Gasteiger partial charge in [-0.2, -0.15) is 5.10 Å². The third kappa shape index (κ3) is 6.45. The number of hydrogen-bond donors (Lipinski definition) is 1. The molecule has 1 unspecified atom stereocenters. The van der Waals surface area contributed by atoms with Crippen LogP contribution in [0.3, 0.4) is 0 Å². The number of ether oxygens (including phenoxy) is 2. The van der Waals surface area contributed by atoms with Crippen molar-refractivity contribution in [1.82, 2.24) is 19.7 Å². The largest absolute Gasteiger partial charge is 0.494 e. The molecule has 3 heterocycles. The highest BCUT2D eigenvalue weighted by Crippen LogP contribution is 2.44. The van der Waals surface area contributed by atoms with Gasteiger partial charge in [-0.25, -0.2) is 4.68 Å². The van der Waals surface area contributed by atoms with E-state index in [4.69, 9.17) is 37.8 Å². The molecule has 0 aliphatic carbocycles. The third-order valence-corrected chi connectivity index (χ3v) is 11.1. The molecule has 1 amide bonds. The Hall–Kier alpha value is -2.78. The molecule has 0 bridgehead atoms. The second kappa shape index (κ2) is 12.9. The van der Waals surface area contributed by atoms with Gasteiger partial charge in [-0.3, -0.25) is 4.79 Å². The van der Waals surface area contributed by atoms with E-state index in [0.29, 0.717) is 37.0 Å². The van der Waals surface area contributed by atoms with Crippen LogP contribution in [0.5, 0.6) is 5.75 Å². The summed E-state index contributed by atoms with van der Waals surface area (Å²) >= 11 is 13.4. The SMILES string of the molecule is Cc1cc(OCCCc2c3n(c4c(-c5c(C)nn(COCC[Si](C)(C)C)c5C)c(Cl)ccc24)C(C)CNC3=O)cc(C)c1Cl. The van der Waals surface area contributed by atoms with Crippen molar-refractivity contribution in [2.75, 3.05) is 19.8 Å². The molecule has 0 fully saturated rings. The number of aromatic nitrogens is 3. The van der Waals surface area contributed by atoms with E-state index in [-0.39, 0.29) is 11.9 Å². The number of nitrogens with zero attached hydrogens (tertiary/aromatic N) is 3. The van der Waals surface area contributed by atoms with E-state index in [1.54, 1.807) is 0 Å². The zero-order valence-electron chi connectivity index (χ0n) is 27.2. The molecule has 0 saturated heterocycles. The average Bonchev–Trinajstić information content (AvgIpc) is 3.43. The van der Waals surface area contributed by atoms with Gasteiger partial charge < -0.3 is 19.4 Å². The van der Waals surface area contributed by atoms with Crippen LogP contribution in [0, 0.1) is 27.7 Å². The lowest BCUT2D eigenvalue weighted by molar-refractivity contribution is 0.0770. The van der Waals surface area contributed by atoms with Gasteiger partial charge in [0.25, 0.3) is 5.91 Å². The molecule has 2 aromatic carbocycles. The van der Waals surface area contributed by atoms with E-state index < -0.39 is 8.07 Å². The first-order valence-corrected chi connectivity index (χ1v) is 19.9. The standard InChI is InChI=1S/C34H44Cl2N4O3Si/c1-20-16-25(17-21(2)31(20)36)43-13-9-10-26-27-11-12-28(35)30(32(27)40-22(3)18-37-34(41)33(26)40)29-23(4)38-39(24(29)5)19-42-14-15-44(6,7)8/h11-12,16-17,22H,9-10,13-15,18-19H2,1-8H3,(H,37,41). The molecule has 44 heavy (non-hydrogen) atoms. The maximum Gasteiger partial charge on any atom is 0.268 e. The number of halogens is 2. The minimum atomic E-state index is -1.19. The zero-order valence-corrected chi connectivity index (χ0v) is 29.7. The van der Waals surface area contributed by atoms with Crippen molar-refractivity contribution in [3.8, 4) is 16.9 Å². The monoisotopic (exact) mass is 654 g/mol. The summed E-state index contributed by atoms with van der Waals surface area (Å²) in [5.74, 6) is 0.752. The number of nitrogens with one attached hydrogen (secondary N) is 1. The fourth-order valence-electron chi connectivity index (χ4n) is 6.18. The lowest BCUT2D eigenvalue weighted by Crippen LogP contribution is -2.38. The predicted octanol–water partition coefficient (Wildman–Crippen LogP) is 8.67. The first kappa shape index (κ1) is 32.6. The van der Waals surface area contributed by atoms with Gasteiger partial charge in [0.1, 0.15) is 18.2 Å². The fraction of sp³-hybridized carbons (Fsp3) is 0.471. The van der Waals surface area contributed by atoms with Crippen LogP contribution in [0.25, 0.3) is 22.0 Å². The molecule has 0 spiro atoms. The predicted molar refractivity (Wildman–Crippen MR) is 184 cm³/mol. The molecule has 2 aromatic heterocycles. The first-order chi connectivity index (χ1) is 20.8. The highest BCUT2D eigenvalue weighted by molar-refractivity contribution is 6.76. The highest BCUT2D eigenvalue weighted by atomic mass is 35.5. The van der Waals surface area contributed by atoms with Gasteiger partial charge in [-0.05, 0) is 88.4 Å². The number of fused-ring (bicyclic) bond motifs is 3. The number of amides is 1. The zero-order chi connectivity index (χ0) is 31.9. The summed E-state index contributed by atoms with van der Waals surface area (Å²) in [7, 11) is -1.19. The molecule has 1 atom stereocenters. The van der Waals surface area contributed by atoms with Crippen LogP contribution in [0.1, 0.15) is 58.0 Å². The molecule has 5 rings (SSSR count). The van der Waals surface area contributed by atoms with Gasteiger partial charge in [0.05, 0.1) is 22.8 Å². The van der Waals surface area contributed by atoms with Crippen molar-refractivity contribution in [3.05, 3.63) is 68.1 Å². The van der Waals surface area contributed by atoms with Gasteiger partial charge in [0, 0.05) is 54.5 Å². The minimum absolute atomic E-state index is 0.0545. The van der Waals surface area contributed by atoms with Crippen LogP contribution >= 0.6 is 23.2 Å². The minimum Gasteiger partial charge on any atom is -0.494 e. The van der Waals surface area contributed by atoms with Crippen molar-refractivity contribution < 1.29 is 14.3 Å². The molecule has 1 aliphatic rings. The summed E-state index contributed by atoms with van der Waals surface area (Å²) in [4.78, 5) is 13.4. The van der Waals surface area contributed by atoms with Gasteiger partial charge in [0.15, 0.2) is 0 Å². The molecule has 1 N–H and O–H groups in total. The van der Waals surface area contributed by atoms with Crippen molar-refractivity contribution in [2.45, 2.75) is 85.9 Å². The highest BCUT2D eigenvalue weighted by Gasteiger charge is 2.32. The van der Waals surface area contributed by atoms with Crippen LogP contribution in [0.4, 0.5) is 0 Å². The first-order valence-electron chi connectivity index (χ1n) is 15.4. The molecule has 0 saturated carbocycles. The summed E-state index contributed by atoms with van der Waals surface area (Å²) < 4.78 is 16.3. The van der Waals surface area contributed by atoms with Gasteiger partial charge in [0.2, 0.25) is 0 Å². The van der Waals surface area contributed by atoms with Crippen LogP contribution in [0.15, 0.2) is 24.3 Å². The van der Waals surface area contributed by atoms with Crippen LogP contribution in [-0.4, -0.2) is 48.1 Å². The smallest absolute Gasteiger partial charge is 0.268 e. The van der Waals surface area contributed by atoms with E-state index in [1.165, 1.54) is 0 Å². The third-order valence-electron chi connectivity index (χ3n) is 8.52. The van der Waals surface area contributed by atoms with Crippen molar-refractivity contribution in [3.63, 3.8) is 0 Å². The summed E-state index contributed by atoms with van der Waals surface area (Å²) in [5.41, 5.74) is 8.51. The number of rotatable bonds is 11. The second-order valence-electron chi connectivity index (χ2n) is 13.3. The Balaban J connectivity index is 1.50. The number of hydrogen-bond acceptors (Lipinski definition) is 4. The molecule has 236 valence electrons. The van der Waals surface area contributed by atoms with Crippen LogP contribution in [0.2, 0.25) is 35.7 Å². The lowest BCUT2D eigenvalue weighted by Gasteiger charge is -2.26. The van der Waals surface area contributed by atoms with Crippen molar-refractivity contribution in [2.24, 2.45) is 0 Å². The Morgan fingerprint density at radius 1 is 1.05 bits per heavy atom. The average molecular weight is 656 g/mol. The second-order valence-corrected chi connectivity index (χ2v) is 19.7. The molecular weight excluding hydrogens is 611 g/mol. The number of aryl methyl sites for hydroxylation is 4. The summed E-state index contributed by atoms with van der Waals surface area (Å²) in [6, 6.07) is 9.12. The molecule has 1 aliphatic heterocycles. The van der Waals surface area contributed by atoms with Crippen LogP contribution < -0.4 is 10.1 Å². The Kier molecular flexibility index (Phi) is 9.57. The maximum atomic E-state index is 13.4. The van der Waals surface area contributed by atoms with Gasteiger partial charge in [-0.15, -0.1) is 0 Å². The lowest BCUT2D eigenvalue weighted by atomic mass is 9.98. The summed E-state index contributed by atoms with van der Waals surface area (Å²) in [6.07, 6.45) is 1.44. The van der Waals surface area contributed by atoms with E-state index >= 15 is 0 Å². The number of carbonyl (C=O) groups is 1. The number of benzene rings is 2. The molecule has 4 aromatic rings.